The molecular weight excluding hydrogens is 379 g/mol. The van der Waals surface area contributed by atoms with E-state index in [2.05, 4.69) is 38.1 Å². The summed E-state index contributed by atoms with van der Waals surface area (Å²) in [6.07, 6.45) is 0.691. The van der Waals surface area contributed by atoms with Gasteiger partial charge in [-0.2, -0.15) is 5.10 Å². The second-order valence-corrected chi connectivity index (χ2v) is 5.55. The lowest BCUT2D eigenvalue weighted by molar-refractivity contribution is 0.102. The van der Waals surface area contributed by atoms with Crippen LogP contribution in [-0.2, 0) is 6.42 Å². The number of halogens is 2. The molecule has 0 unspecified atom stereocenters. The molecule has 7 heteroatoms. The Bertz CT molecular complexity index is 626. The van der Waals surface area contributed by atoms with Crippen molar-refractivity contribution in [1.29, 1.82) is 0 Å². The van der Waals surface area contributed by atoms with Crippen LogP contribution in [0, 0.1) is 3.57 Å². The minimum absolute atomic E-state index is 0.187. The van der Waals surface area contributed by atoms with Crippen molar-refractivity contribution in [3.8, 4) is 0 Å². The number of H-pyrrole nitrogens is 1. The molecule has 0 spiro atoms. The number of aryl methyl sites for hydroxylation is 1. The fraction of sp³-hybridized carbons (Fsp3) is 0.167. The second kappa shape index (κ2) is 5.79. The van der Waals surface area contributed by atoms with Crippen LogP contribution in [0.3, 0.4) is 0 Å². The van der Waals surface area contributed by atoms with Crippen LogP contribution in [-0.4, -0.2) is 16.1 Å². The van der Waals surface area contributed by atoms with Gasteiger partial charge in [0, 0.05) is 3.57 Å². The lowest BCUT2D eigenvalue weighted by Gasteiger charge is -2.06. The number of nitrogens with two attached hydrogens (primary N) is 1. The van der Waals surface area contributed by atoms with E-state index < -0.39 is 0 Å². The van der Waals surface area contributed by atoms with Crippen LogP contribution >= 0.6 is 34.2 Å². The number of hydrogen-bond donors (Lipinski definition) is 3. The molecular formula is C12H12ClIN4O. The first kappa shape index (κ1) is 14.1. The van der Waals surface area contributed by atoms with Crippen molar-refractivity contribution in [3.05, 3.63) is 38.2 Å². The number of carbonyl (C=O) groups is 1. The number of nitrogen functional groups attached to an aromatic ring is 1. The minimum atomic E-state index is -0.378. The fourth-order valence-corrected chi connectivity index (χ4v) is 2.50. The summed E-state index contributed by atoms with van der Waals surface area (Å²) in [6.45, 7) is 1.93. The molecule has 1 aromatic carbocycles. The second-order valence-electron chi connectivity index (χ2n) is 3.90. The maximum absolute atomic E-state index is 12.1. The summed E-state index contributed by atoms with van der Waals surface area (Å²) in [5.74, 6) is -0.378. The SMILES string of the molecule is CCc1[nH]nc(C(=O)Nc2ccc(I)cc2Cl)c1N. The standard InChI is InChI=1S/C12H12ClIN4O/c1-2-8-10(15)11(18-17-8)12(19)16-9-4-3-6(14)5-7(9)13/h3-5H,2,15H2,1H3,(H,16,19)(H,17,18). The van der Waals surface area contributed by atoms with Crippen molar-refractivity contribution < 1.29 is 4.79 Å². The van der Waals surface area contributed by atoms with E-state index in [1.165, 1.54) is 0 Å². The number of aromatic nitrogens is 2. The quantitative estimate of drug-likeness (QED) is 0.704. The highest BCUT2D eigenvalue weighted by Gasteiger charge is 2.17. The Morgan fingerprint density at radius 1 is 1.58 bits per heavy atom. The number of nitrogens with one attached hydrogen (secondary N) is 2. The first-order valence-electron chi connectivity index (χ1n) is 5.62. The van der Waals surface area contributed by atoms with Gasteiger partial charge in [-0.1, -0.05) is 18.5 Å². The Labute approximate surface area is 129 Å². The number of anilines is 2. The van der Waals surface area contributed by atoms with E-state index in [-0.39, 0.29) is 11.6 Å². The summed E-state index contributed by atoms with van der Waals surface area (Å²) in [5, 5.41) is 9.84. The van der Waals surface area contributed by atoms with Crippen molar-refractivity contribution >= 4 is 51.5 Å². The van der Waals surface area contributed by atoms with Gasteiger partial charge < -0.3 is 11.1 Å². The van der Waals surface area contributed by atoms with E-state index >= 15 is 0 Å². The molecule has 0 aliphatic rings. The van der Waals surface area contributed by atoms with Crippen LogP contribution in [0.15, 0.2) is 18.2 Å². The van der Waals surface area contributed by atoms with Gasteiger partial charge in [0.25, 0.3) is 5.91 Å². The highest BCUT2D eigenvalue weighted by molar-refractivity contribution is 14.1. The molecule has 2 aromatic rings. The summed E-state index contributed by atoms with van der Waals surface area (Å²) < 4.78 is 0.994. The van der Waals surface area contributed by atoms with Crippen molar-refractivity contribution in [1.82, 2.24) is 10.2 Å². The average Bonchev–Trinajstić information content (AvgIpc) is 2.74. The van der Waals surface area contributed by atoms with Gasteiger partial charge in [0.15, 0.2) is 5.69 Å². The Balaban J connectivity index is 2.23. The van der Waals surface area contributed by atoms with Crippen LogP contribution in [0.5, 0.6) is 0 Å². The van der Waals surface area contributed by atoms with Gasteiger partial charge in [0.05, 0.1) is 22.1 Å². The Morgan fingerprint density at radius 2 is 2.32 bits per heavy atom. The first-order valence-corrected chi connectivity index (χ1v) is 7.07. The molecule has 100 valence electrons. The van der Waals surface area contributed by atoms with Gasteiger partial charge in [0.1, 0.15) is 0 Å². The molecule has 0 bridgehead atoms. The number of rotatable bonds is 3. The Hall–Kier alpha value is -1.28. The third-order valence-electron chi connectivity index (χ3n) is 2.63. The van der Waals surface area contributed by atoms with Crippen LogP contribution in [0.4, 0.5) is 11.4 Å². The highest BCUT2D eigenvalue weighted by Crippen LogP contribution is 2.25. The predicted molar refractivity (Wildman–Crippen MR) is 84.5 cm³/mol. The van der Waals surface area contributed by atoms with Gasteiger partial charge in [-0.3, -0.25) is 9.89 Å². The molecule has 0 saturated carbocycles. The molecule has 4 N–H and O–H groups in total. The number of aromatic amines is 1. The van der Waals surface area contributed by atoms with Crippen molar-refractivity contribution in [3.63, 3.8) is 0 Å². The van der Waals surface area contributed by atoms with E-state index in [1.54, 1.807) is 12.1 Å². The molecule has 0 aliphatic heterocycles. The van der Waals surface area contributed by atoms with Crippen LogP contribution in [0.2, 0.25) is 5.02 Å². The molecule has 1 aromatic heterocycles. The normalized spacial score (nSPS) is 10.5. The maximum atomic E-state index is 12.1. The van der Waals surface area contributed by atoms with Crippen molar-refractivity contribution in [2.24, 2.45) is 0 Å². The number of benzene rings is 1. The number of amides is 1. The molecule has 1 heterocycles. The van der Waals surface area contributed by atoms with E-state index in [0.717, 1.165) is 9.26 Å². The molecule has 0 aliphatic carbocycles. The topological polar surface area (TPSA) is 83.8 Å². The zero-order chi connectivity index (χ0) is 14.0. The lowest BCUT2D eigenvalue weighted by Crippen LogP contribution is -2.14. The number of carbonyl (C=O) groups excluding carboxylic acids is 1. The van der Waals surface area contributed by atoms with Crippen molar-refractivity contribution in [2.45, 2.75) is 13.3 Å². The summed E-state index contributed by atoms with van der Waals surface area (Å²) in [6, 6.07) is 5.36. The van der Waals surface area contributed by atoms with Gasteiger partial charge in [-0.05, 0) is 47.2 Å². The third kappa shape index (κ3) is 3.01. The van der Waals surface area contributed by atoms with Gasteiger partial charge in [0.2, 0.25) is 0 Å². The van der Waals surface area contributed by atoms with E-state index in [9.17, 15) is 4.79 Å². The molecule has 0 radical (unpaired) electrons. The summed E-state index contributed by atoms with van der Waals surface area (Å²) in [5.41, 5.74) is 7.69. The van der Waals surface area contributed by atoms with Gasteiger partial charge in [-0.25, -0.2) is 0 Å². The van der Waals surface area contributed by atoms with Gasteiger partial charge in [-0.15, -0.1) is 0 Å². The maximum Gasteiger partial charge on any atom is 0.278 e. The van der Waals surface area contributed by atoms with E-state index in [0.29, 0.717) is 22.8 Å². The minimum Gasteiger partial charge on any atom is -0.395 e. The highest BCUT2D eigenvalue weighted by atomic mass is 127. The zero-order valence-electron chi connectivity index (χ0n) is 10.1. The molecule has 0 atom stereocenters. The van der Waals surface area contributed by atoms with Crippen molar-refractivity contribution in [2.75, 3.05) is 11.1 Å². The Morgan fingerprint density at radius 3 is 2.89 bits per heavy atom. The Kier molecular flexibility index (Phi) is 4.31. The number of nitrogens with zero attached hydrogens (tertiary/aromatic N) is 1. The first-order chi connectivity index (χ1) is 9.02. The zero-order valence-corrected chi connectivity index (χ0v) is 13.0. The average molecular weight is 391 g/mol. The fourth-order valence-electron chi connectivity index (χ4n) is 1.60. The molecule has 2 rings (SSSR count). The molecule has 19 heavy (non-hydrogen) atoms. The smallest absolute Gasteiger partial charge is 0.278 e. The number of hydrogen-bond acceptors (Lipinski definition) is 3. The largest absolute Gasteiger partial charge is 0.395 e. The molecule has 0 saturated heterocycles. The summed E-state index contributed by atoms with van der Waals surface area (Å²) in [7, 11) is 0. The summed E-state index contributed by atoms with van der Waals surface area (Å²) in [4.78, 5) is 12.1. The van der Waals surface area contributed by atoms with Crippen LogP contribution < -0.4 is 11.1 Å². The van der Waals surface area contributed by atoms with E-state index in [1.807, 2.05) is 13.0 Å². The molecule has 5 nitrogen and oxygen atoms in total. The monoisotopic (exact) mass is 390 g/mol. The predicted octanol–water partition coefficient (Wildman–Crippen LogP) is 3.06. The van der Waals surface area contributed by atoms with Crippen LogP contribution in [0.25, 0.3) is 0 Å². The third-order valence-corrected chi connectivity index (χ3v) is 3.61. The van der Waals surface area contributed by atoms with Gasteiger partial charge >= 0.3 is 0 Å². The van der Waals surface area contributed by atoms with E-state index in [4.69, 9.17) is 17.3 Å². The molecule has 1 amide bonds. The summed E-state index contributed by atoms with van der Waals surface area (Å²) >= 11 is 8.20. The lowest BCUT2D eigenvalue weighted by atomic mass is 10.2. The molecule has 0 fully saturated rings. The van der Waals surface area contributed by atoms with Crippen LogP contribution in [0.1, 0.15) is 23.1 Å².